The second-order valence-electron chi connectivity index (χ2n) is 5.84. The Morgan fingerprint density at radius 3 is 2.79 bits per heavy atom. The van der Waals surface area contributed by atoms with Crippen LogP contribution in [0.4, 0.5) is 10.8 Å². The average Bonchev–Trinajstić information content (AvgIpc) is 3.09. The van der Waals surface area contributed by atoms with Crippen molar-refractivity contribution >= 4 is 49.9 Å². The Morgan fingerprint density at radius 2 is 1.96 bits per heavy atom. The molecule has 0 aliphatic rings. The van der Waals surface area contributed by atoms with Gasteiger partial charge < -0.3 is 15.4 Å². The van der Waals surface area contributed by atoms with Gasteiger partial charge in [0.2, 0.25) is 0 Å². The topological polar surface area (TPSA) is 76.1 Å². The van der Waals surface area contributed by atoms with Crippen molar-refractivity contribution in [2.75, 3.05) is 12.4 Å². The zero-order chi connectivity index (χ0) is 19.5. The van der Waals surface area contributed by atoms with Crippen molar-refractivity contribution in [3.63, 3.8) is 0 Å². The lowest BCUT2D eigenvalue weighted by molar-refractivity contribution is 0.0958. The fraction of sp³-hybridized carbons (Fsp3) is 0.0500. The first-order chi connectivity index (χ1) is 13.6. The number of carbonyl (C=O) groups excluding carboxylic acids is 1. The number of nitrogens with one attached hydrogen (secondary N) is 2. The molecule has 1 amide bonds. The highest BCUT2D eigenvalue weighted by atomic mass is 35.5. The second-order valence-corrected chi connectivity index (χ2v) is 7.31. The van der Waals surface area contributed by atoms with Crippen LogP contribution in [0.25, 0.3) is 10.2 Å². The molecule has 28 heavy (non-hydrogen) atoms. The molecule has 2 aromatic heterocycles. The van der Waals surface area contributed by atoms with E-state index < -0.39 is 0 Å². The van der Waals surface area contributed by atoms with Gasteiger partial charge in [0, 0.05) is 36.1 Å². The van der Waals surface area contributed by atoms with Gasteiger partial charge in [0.05, 0.1) is 10.2 Å². The number of benzene rings is 2. The molecule has 4 aromatic rings. The molecule has 6 nitrogen and oxygen atoms in total. The first kappa shape index (κ1) is 18.2. The number of fused-ring (bicyclic) bond motifs is 1. The normalized spacial score (nSPS) is 10.6. The maximum atomic E-state index is 11.7. The molecule has 0 aliphatic carbocycles. The van der Waals surface area contributed by atoms with Crippen molar-refractivity contribution in [3.8, 4) is 11.5 Å². The summed E-state index contributed by atoms with van der Waals surface area (Å²) in [6.45, 7) is 0. The van der Waals surface area contributed by atoms with Crippen LogP contribution in [0.3, 0.4) is 0 Å². The lowest BCUT2D eigenvalue weighted by atomic mass is 10.3. The monoisotopic (exact) mass is 410 g/mol. The summed E-state index contributed by atoms with van der Waals surface area (Å²) in [6.07, 6.45) is 1.54. The molecular formula is C20H15ClN4O2S. The number of nitrogens with zero attached hydrogens (tertiary/aromatic N) is 2. The minimum Gasteiger partial charge on any atom is -0.457 e. The van der Waals surface area contributed by atoms with Gasteiger partial charge >= 0.3 is 0 Å². The van der Waals surface area contributed by atoms with Crippen LogP contribution in [0.2, 0.25) is 5.02 Å². The van der Waals surface area contributed by atoms with E-state index in [-0.39, 0.29) is 5.91 Å². The predicted molar refractivity (Wildman–Crippen MR) is 112 cm³/mol. The van der Waals surface area contributed by atoms with Gasteiger partial charge in [-0.15, -0.1) is 0 Å². The standard InChI is InChI=1S/C20H15ClN4O2S/c1-22-19(26)17-10-15(7-8-23-17)27-14-5-6-16-18(11-14)28-20(25-16)24-13-4-2-3-12(21)9-13/h2-11H,1H3,(H,22,26)(H,24,25). The van der Waals surface area contributed by atoms with Crippen LogP contribution in [0.1, 0.15) is 10.5 Å². The Balaban J connectivity index is 1.56. The molecule has 0 spiro atoms. The highest BCUT2D eigenvalue weighted by molar-refractivity contribution is 7.22. The third-order valence-electron chi connectivity index (χ3n) is 3.86. The maximum Gasteiger partial charge on any atom is 0.269 e. The van der Waals surface area contributed by atoms with Crippen LogP contribution in [-0.2, 0) is 0 Å². The number of ether oxygens (including phenoxy) is 1. The van der Waals surface area contributed by atoms with Crippen molar-refractivity contribution in [3.05, 3.63) is 71.5 Å². The number of pyridine rings is 1. The number of rotatable bonds is 5. The van der Waals surface area contributed by atoms with Crippen LogP contribution in [0, 0.1) is 0 Å². The third-order valence-corrected chi connectivity index (χ3v) is 5.03. The molecule has 0 atom stereocenters. The van der Waals surface area contributed by atoms with E-state index in [4.69, 9.17) is 16.3 Å². The molecule has 2 heterocycles. The first-order valence-corrected chi connectivity index (χ1v) is 9.59. The molecule has 140 valence electrons. The highest BCUT2D eigenvalue weighted by Crippen LogP contribution is 2.33. The maximum absolute atomic E-state index is 11.7. The summed E-state index contributed by atoms with van der Waals surface area (Å²) < 4.78 is 6.86. The average molecular weight is 411 g/mol. The SMILES string of the molecule is CNC(=O)c1cc(Oc2ccc3nc(Nc4cccc(Cl)c4)sc3c2)ccn1. The van der Waals surface area contributed by atoms with Gasteiger partial charge in [0.15, 0.2) is 5.13 Å². The third kappa shape index (κ3) is 4.05. The number of amides is 1. The molecule has 0 aliphatic heterocycles. The zero-order valence-electron chi connectivity index (χ0n) is 14.8. The number of thiazole rings is 1. The van der Waals surface area contributed by atoms with Crippen LogP contribution in [0.5, 0.6) is 11.5 Å². The van der Waals surface area contributed by atoms with Crippen LogP contribution >= 0.6 is 22.9 Å². The summed E-state index contributed by atoms with van der Waals surface area (Å²) in [6, 6.07) is 16.4. The predicted octanol–water partition coefficient (Wildman–Crippen LogP) is 5.24. The lowest BCUT2D eigenvalue weighted by Gasteiger charge is -2.06. The van der Waals surface area contributed by atoms with E-state index in [9.17, 15) is 4.79 Å². The van der Waals surface area contributed by atoms with Gasteiger partial charge in [0.1, 0.15) is 17.2 Å². The Kier molecular flexibility index (Phi) is 5.10. The summed E-state index contributed by atoms with van der Waals surface area (Å²) in [7, 11) is 1.56. The van der Waals surface area contributed by atoms with Gasteiger partial charge in [-0.05, 0) is 36.4 Å². The van der Waals surface area contributed by atoms with Crippen molar-refractivity contribution in [2.24, 2.45) is 0 Å². The van der Waals surface area contributed by atoms with Gasteiger partial charge in [-0.1, -0.05) is 29.0 Å². The molecule has 0 radical (unpaired) electrons. The number of anilines is 2. The molecule has 0 unspecified atom stereocenters. The fourth-order valence-electron chi connectivity index (χ4n) is 2.57. The van der Waals surface area contributed by atoms with Crippen molar-refractivity contribution in [2.45, 2.75) is 0 Å². The zero-order valence-corrected chi connectivity index (χ0v) is 16.3. The van der Waals surface area contributed by atoms with E-state index in [0.29, 0.717) is 22.2 Å². The Labute approximate surface area is 170 Å². The molecule has 0 saturated carbocycles. The fourth-order valence-corrected chi connectivity index (χ4v) is 3.68. The first-order valence-electron chi connectivity index (χ1n) is 8.40. The smallest absolute Gasteiger partial charge is 0.269 e. The molecule has 0 fully saturated rings. The Hall–Kier alpha value is -3.16. The summed E-state index contributed by atoms with van der Waals surface area (Å²) >= 11 is 7.54. The minimum atomic E-state index is -0.264. The molecule has 2 N–H and O–H groups in total. The van der Waals surface area contributed by atoms with E-state index in [0.717, 1.165) is 21.0 Å². The molecule has 0 saturated heterocycles. The Bertz CT molecular complexity index is 1160. The largest absolute Gasteiger partial charge is 0.457 e. The summed E-state index contributed by atoms with van der Waals surface area (Å²) in [5.74, 6) is 0.925. The van der Waals surface area contributed by atoms with Gasteiger partial charge in [-0.2, -0.15) is 0 Å². The van der Waals surface area contributed by atoms with E-state index in [1.807, 2.05) is 42.5 Å². The summed E-state index contributed by atoms with van der Waals surface area (Å²) in [5, 5.41) is 7.23. The van der Waals surface area contributed by atoms with Gasteiger partial charge in [-0.3, -0.25) is 9.78 Å². The van der Waals surface area contributed by atoms with Crippen LogP contribution in [0.15, 0.2) is 60.8 Å². The molecular weight excluding hydrogens is 396 g/mol. The van der Waals surface area contributed by atoms with Crippen molar-refractivity contribution in [1.29, 1.82) is 0 Å². The lowest BCUT2D eigenvalue weighted by Crippen LogP contribution is -2.18. The van der Waals surface area contributed by atoms with Crippen molar-refractivity contribution < 1.29 is 9.53 Å². The number of hydrogen-bond acceptors (Lipinski definition) is 6. The van der Waals surface area contributed by atoms with Gasteiger partial charge in [-0.25, -0.2) is 4.98 Å². The van der Waals surface area contributed by atoms with E-state index in [1.165, 1.54) is 17.5 Å². The number of aromatic nitrogens is 2. The van der Waals surface area contributed by atoms with E-state index >= 15 is 0 Å². The molecule has 0 bridgehead atoms. The number of hydrogen-bond donors (Lipinski definition) is 2. The van der Waals surface area contributed by atoms with E-state index in [2.05, 4.69) is 20.6 Å². The minimum absolute atomic E-state index is 0.264. The van der Waals surface area contributed by atoms with E-state index in [1.54, 1.807) is 19.2 Å². The quantitative estimate of drug-likeness (QED) is 0.470. The second kappa shape index (κ2) is 7.84. The molecule has 8 heteroatoms. The van der Waals surface area contributed by atoms with Crippen LogP contribution in [-0.4, -0.2) is 22.9 Å². The Morgan fingerprint density at radius 1 is 1.11 bits per heavy atom. The summed E-state index contributed by atoms with van der Waals surface area (Å²) in [5.41, 5.74) is 2.04. The number of halogens is 1. The number of carbonyl (C=O) groups is 1. The highest BCUT2D eigenvalue weighted by Gasteiger charge is 2.09. The van der Waals surface area contributed by atoms with Gasteiger partial charge in [0.25, 0.3) is 5.91 Å². The van der Waals surface area contributed by atoms with Crippen molar-refractivity contribution in [1.82, 2.24) is 15.3 Å². The molecule has 4 rings (SSSR count). The van der Waals surface area contributed by atoms with Crippen LogP contribution < -0.4 is 15.4 Å². The molecule has 2 aromatic carbocycles. The summed E-state index contributed by atoms with van der Waals surface area (Å²) in [4.78, 5) is 20.3.